The number of hydrogen-bond donors (Lipinski definition) is 3. The number of hydrogen-bond acceptors (Lipinski definition) is 3. The number of nitrogens with one attached hydrogen (secondary N) is 3. The number of aliphatic imine (C=N–C) groups is 3. The van der Waals surface area contributed by atoms with E-state index >= 15 is 0 Å². The Kier molecular flexibility index (Phi) is 5.53. The fourth-order valence-electron chi connectivity index (χ4n) is 4.18. The monoisotopic (exact) mass is 456 g/mol. The highest BCUT2D eigenvalue weighted by molar-refractivity contribution is 6.16. The SMILES string of the molecule is C1=C/C(=C\c2ccc[nH]2)N=C1CC1=N/C(=C/c2ccc(CC3=N/C(=C/c4ccc[nH]4)C=C3)[nH]2)C=C1. The van der Waals surface area contributed by atoms with Gasteiger partial charge in [-0.15, -0.1) is 0 Å². The Morgan fingerprint density at radius 3 is 1.57 bits per heavy atom. The third kappa shape index (κ3) is 5.12. The van der Waals surface area contributed by atoms with Gasteiger partial charge in [-0.25, -0.2) is 0 Å². The predicted octanol–water partition coefficient (Wildman–Crippen LogP) is 6.06. The number of nitrogens with zero attached hydrogens (tertiary/aromatic N) is 3. The summed E-state index contributed by atoms with van der Waals surface area (Å²) >= 11 is 0. The highest BCUT2D eigenvalue weighted by Crippen LogP contribution is 2.20. The van der Waals surface area contributed by atoms with Gasteiger partial charge in [-0.2, -0.15) is 0 Å². The summed E-state index contributed by atoms with van der Waals surface area (Å²) in [6.07, 6.45) is 23.8. The first-order chi connectivity index (χ1) is 17.2. The standard InChI is InChI=1S/C29H24N6/c1-3-20(30-13-1)15-22-5-7-24(32-22)17-26-9-11-28(34-26)19-29-12-10-27(35-29)18-25-8-6-23(33-25)16-21-4-2-14-31-21/h1-16,19,30-31,34H,17-18H2/b22-15+,23-16+,29-19+. The Morgan fingerprint density at radius 2 is 1.06 bits per heavy atom. The summed E-state index contributed by atoms with van der Waals surface area (Å²) in [5.41, 5.74) is 10.2. The molecule has 0 fully saturated rings. The molecule has 3 aromatic rings. The van der Waals surface area contributed by atoms with Gasteiger partial charge in [-0.1, -0.05) is 0 Å². The zero-order valence-electron chi connectivity index (χ0n) is 19.1. The first kappa shape index (κ1) is 20.9. The van der Waals surface area contributed by atoms with Crippen LogP contribution in [-0.4, -0.2) is 32.1 Å². The van der Waals surface area contributed by atoms with Gasteiger partial charge in [-0.3, -0.25) is 15.0 Å². The van der Waals surface area contributed by atoms with Crippen LogP contribution < -0.4 is 0 Å². The first-order valence-corrected chi connectivity index (χ1v) is 11.6. The molecule has 3 aliphatic heterocycles. The van der Waals surface area contributed by atoms with E-state index in [1.807, 2.05) is 67.0 Å². The Bertz CT molecular complexity index is 1510. The fraction of sp³-hybridized carbons (Fsp3) is 0.0690. The van der Waals surface area contributed by atoms with Crippen molar-refractivity contribution in [2.75, 3.05) is 0 Å². The molecule has 0 saturated heterocycles. The molecule has 0 amide bonds. The molecular formula is C29H24N6. The lowest BCUT2D eigenvalue weighted by Gasteiger charge is -1.97. The molecule has 6 heterocycles. The maximum Gasteiger partial charge on any atom is 0.0654 e. The van der Waals surface area contributed by atoms with Crippen LogP contribution in [0.3, 0.4) is 0 Å². The lowest BCUT2D eigenvalue weighted by molar-refractivity contribution is 1.18. The van der Waals surface area contributed by atoms with Gasteiger partial charge in [0.05, 0.1) is 17.1 Å². The summed E-state index contributed by atoms with van der Waals surface area (Å²) < 4.78 is 0. The van der Waals surface area contributed by atoms with Crippen LogP contribution in [0.2, 0.25) is 0 Å². The van der Waals surface area contributed by atoms with E-state index in [1.54, 1.807) is 0 Å². The maximum atomic E-state index is 4.77. The molecule has 0 radical (unpaired) electrons. The van der Waals surface area contributed by atoms with Crippen LogP contribution in [0.15, 0.2) is 117 Å². The van der Waals surface area contributed by atoms with E-state index in [4.69, 9.17) is 15.0 Å². The molecule has 6 nitrogen and oxygen atoms in total. The molecule has 3 N–H and O–H groups in total. The molecular weight excluding hydrogens is 432 g/mol. The highest BCUT2D eigenvalue weighted by atomic mass is 14.8. The van der Waals surface area contributed by atoms with E-state index in [1.165, 1.54) is 0 Å². The molecule has 3 aromatic heterocycles. The van der Waals surface area contributed by atoms with Crippen LogP contribution >= 0.6 is 0 Å². The third-order valence-corrected chi connectivity index (χ3v) is 5.81. The average molecular weight is 457 g/mol. The summed E-state index contributed by atoms with van der Waals surface area (Å²) in [6, 6.07) is 12.2. The highest BCUT2D eigenvalue weighted by Gasteiger charge is 2.12. The summed E-state index contributed by atoms with van der Waals surface area (Å²) in [4.78, 5) is 24.0. The van der Waals surface area contributed by atoms with Crippen LogP contribution in [0.25, 0.3) is 18.2 Å². The van der Waals surface area contributed by atoms with Crippen molar-refractivity contribution in [1.29, 1.82) is 0 Å². The van der Waals surface area contributed by atoms with E-state index in [0.29, 0.717) is 6.42 Å². The minimum Gasteiger partial charge on any atom is -0.362 e. The predicted molar refractivity (Wildman–Crippen MR) is 144 cm³/mol. The zero-order valence-corrected chi connectivity index (χ0v) is 19.1. The Morgan fingerprint density at radius 1 is 0.543 bits per heavy atom. The normalized spacial score (nSPS) is 20.0. The van der Waals surface area contributed by atoms with E-state index in [-0.39, 0.29) is 0 Å². The van der Waals surface area contributed by atoms with Crippen molar-refractivity contribution in [2.45, 2.75) is 12.8 Å². The summed E-state index contributed by atoms with van der Waals surface area (Å²) in [5, 5.41) is 0. The third-order valence-electron chi connectivity index (χ3n) is 5.81. The topological polar surface area (TPSA) is 84.4 Å². The summed E-state index contributed by atoms with van der Waals surface area (Å²) in [5.74, 6) is 0. The van der Waals surface area contributed by atoms with Crippen molar-refractivity contribution in [1.82, 2.24) is 15.0 Å². The molecule has 6 rings (SSSR count). The largest absolute Gasteiger partial charge is 0.362 e. The average Bonchev–Trinajstić information content (AvgIpc) is 3.66. The molecule has 0 spiro atoms. The second-order valence-corrected chi connectivity index (χ2v) is 8.56. The van der Waals surface area contributed by atoms with Crippen LogP contribution in [0, 0.1) is 0 Å². The number of allylic oxidation sites excluding steroid dienone is 6. The van der Waals surface area contributed by atoms with Gasteiger partial charge in [0, 0.05) is 65.1 Å². The second kappa shape index (κ2) is 9.27. The van der Waals surface area contributed by atoms with Gasteiger partial charge < -0.3 is 15.0 Å². The fourth-order valence-corrected chi connectivity index (χ4v) is 4.18. The van der Waals surface area contributed by atoms with Gasteiger partial charge in [0.1, 0.15) is 0 Å². The zero-order chi connectivity index (χ0) is 23.5. The molecule has 6 heteroatoms. The molecule has 0 bridgehead atoms. The molecule has 3 aliphatic rings. The van der Waals surface area contributed by atoms with Crippen LogP contribution in [0.1, 0.15) is 29.2 Å². The van der Waals surface area contributed by atoms with E-state index < -0.39 is 0 Å². The molecule has 0 aromatic carbocycles. The van der Waals surface area contributed by atoms with Crippen molar-refractivity contribution < 1.29 is 0 Å². The van der Waals surface area contributed by atoms with Crippen molar-refractivity contribution in [3.8, 4) is 0 Å². The van der Waals surface area contributed by atoms with Crippen molar-refractivity contribution in [3.63, 3.8) is 0 Å². The maximum absolute atomic E-state index is 4.77. The van der Waals surface area contributed by atoms with Crippen molar-refractivity contribution in [3.05, 3.63) is 125 Å². The smallest absolute Gasteiger partial charge is 0.0654 e. The summed E-state index contributed by atoms with van der Waals surface area (Å²) in [6.45, 7) is 0. The molecule has 0 aliphatic carbocycles. The van der Waals surface area contributed by atoms with Crippen LogP contribution in [0.5, 0.6) is 0 Å². The lowest BCUT2D eigenvalue weighted by atomic mass is 10.2. The second-order valence-electron chi connectivity index (χ2n) is 8.56. The number of aromatic amines is 3. The van der Waals surface area contributed by atoms with E-state index in [2.05, 4.69) is 51.4 Å². The van der Waals surface area contributed by atoms with Gasteiger partial charge in [0.25, 0.3) is 0 Å². The van der Waals surface area contributed by atoms with Crippen LogP contribution in [0.4, 0.5) is 0 Å². The minimum absolute atomic E-state index is 0.715. The van der Waals surface area contributed by atoms with Crippen LogP contribution in [-0.2, 0) is 6.42 Å². The van der Waals surface area contributed by atoms with Crippen molar-refractivity contribution >= 4 is 35.4 Å². The first-order valence-electron chi connectivity index (χ1n) is 11.6. The quantitative estimate of drug-likeness (QED) is 0.386. The Balaban J connectivity index is 1.08. The summed E-state index contributed by atoms with van der Waals surface area (Å²) in [7, 11) is 0. The lowest BCUT2D eigenvalue weighted by Crippen LogP contribution is -1.99. The van der Waals surface area contributed by atoms with E-state index in [0.717, 1.165) is 63.4 Å². The Labute approximate surface area is 203 Å². The molecule has 0 atom stereocenters. The van der Waals surface area contributed by atoms with E-state index in [9.17, 15) is 0 Å². The number of rotatable bonds is 7. The molecule has 0 unspecified atom stereocenters. The molecule has 0 saturated carbocycles. The van der Waals surface area contributed by atoms with Gasteiger partial charge in [0.2, 0.25) is 0 Å². The Hall–Kier alpha value is -4.71. The minimum atomic E-state index is 0.715. The number of H-pyrrole nitrogens is 3. The molecule has 170 valence electrons. The van der Waals surface area contributed by atoms with Gasteiger partial charge in [0.15, 0.2) is 0 Å². The van der Waals surface area contributed by atoms with Gasteiger partial charge in [-0.05, 0) is 91.1 Å². The van der Waals surface area contributed by atoms with Crippen molar-refractivity contribution in [2.24, 2.45) is 15.0 Å². The van der Waals surface area contributed by atoms with Gasteiger partial charge >= 0.3 is 0 Å². The molecule has 35 heavy (non-hydrogen) atoms. The number of aromatic nitrogens is 3.